The average molecular weight is 177 g/mol. The number of aromatic nitrogens is 1. The molecule has 1 amide bonds. The van der Waals surface area contributed by atoms with Crippen LogP contribution in [0.4, 0.5) is 0 Å². The van der Waals surface area contributed by atoms with Gasteiger partial charge in [-0.2, -0.15) is 0 Å². The Morgan fingerprint density at radius 1 is 1.54 bits per heavy atom. The monoisotopic (exact) mass is 177 g/mol. The quantitative estimate of drug-likeness (QED) is 0.660. The summed E-state index contributed by atoms with van der Waals surface area (Å²) in [7, 11) is 0. The first kappa shape index (κ1) is 8.19. The molecule has 1 saturated carbocycles. The van der Waals surface area contributed by atoms with Crippen molar-refractivity contribution < 1.29 is 4.79 Å². The van der Waals surface area contributed by atoms with Crippen molar-refractivity contribution in [1.82, 2.24) is 15.8 Å². The number of rotatable bonds is 3. The molecule has 0 aromatic carbocycles. The Morgan fingerprint density at radius 2 is 2.38 bits per heavy atom. The van der Waals surface area contributed by atoms with Crippen LogP contribution in [0.25, 0.3) is 0 Å². The van der Waals surface area contributed by atoms with Gasteiger partial charge in [0.2, 0.25) is 0 Å². The van der Waals surface area contributed by atoms with E-state index in [2.05, 4.69) is 15.8 Å². The fourth-order valence-electron chi connectivity index (χ4n) is 0.965. The maximum absolute atomic E-state index is 11.4. The van der Waals surface area contributed by atoms with Gasteiger partial charge in [0, 0.05) is 18.4 Å². The first-order valence-electron chi connectivity index (χ1n) is 4.32. The Kier molecular flexibility index (Phi) is 2.23. The van der Waals surface area contributed by atoms with E-state index >= 15 is 0 Å². The number of hydrogen-bond donors (Lipinski definition) is 2. The first-order valence-corrected chi connectivity index (χ1v) is 4.32. The van der Waals surface area contributed by atoms with E-state index in [1.165, 1.54) is 0 Å². The number of hydrazine groups is 1. The first-order chi connectivity index (χ1) is 6.36. The Morgan fingerprint density at radius 3 is 3.00 bits per heavy atom. The summed E-state index contributed by atoms with van der Waals surface area (Å²) in [5.41, 5.74) is 6.14. The van der Waals surface area contributed by atoms with Gasteiger partial charge in [0.15, 0.2) is 0 Å². The number of hydrogen-bond acceptors (Lipinski definition) is 3. The molecule has 2 N–H and O–H groups in total. The second kappa shape index (κ2) is 3.53. The number of amides is 1. The number of carbonyl (C=O) groups is 1. The van der Waals surface area contributed by atoms with Crippen LogP contribution in [-0.2, 0) is 0 Å². The minimum absolute atomic E-state index is 0.125. The van der Waals surface area contributed by atoms with Crippen molar-refractivity contribution in [3.05, 3.63) is 30.1 Å². The minimum Gasteiger partial charge on any atom is -0.287 e. The van der Waals surface area contributed by atoms with Gasteiger partial charge in [-0.15, -0.1) is 0 Å². The molecule has 4 nitrogen and oxygen atoms in total. The van der Waals surface area contributed by atoms with Gasteiger partial charge in [0.05, 0.1) is 5.56 Å². The lowest BCUT2D eigenvalue weighted by Gasteiger charge is -2.04. The number of nitrogens with one attached hydrogen (secondary N) is 2. The molecule has 0 spiro atoms. The highest BCUT2D eigenvalue weighted by atomic mass is 16.2. The molecular formula is C9H11N3O. The van der Waals surface area contributed by atoms with E-state index in [1.807, 2.05) is 0 Å². The van der Waals surface area contributed by atoms with Crippen LogP contribution in [0.15, 0.2) is 24.5 Å². The van der Waals surface area contributed by atoms with Gasteiger partial charge in [-0.25, -0.2) is 5.43 Å². The maximum atomic E-state index is 11.4. The molecule has 0 atom stereocenters. The van der Waals surface area contributed by atoms with Crippen LogP contribution in [0, 0.1) is 0 Å². The summed E-state index contributed by atoms with van der Waals surface area (Å²) < 4.78 is 0. The van der Waals surface area contributed by atoms with E-state index in [0.717, 1.165) is 12.8 Å². The lowest BCUT2D eigenvalue weighted by Crippen LogP contribution is -2.38. The summed E-state index contributed by atoms with van der Waals surface area (Å²) in [4.78, 5) is 15.2. The second-order valence-electron chi connectivity index (χ2n) is 3.11. The topological polar surface area (TPSA) is 54.0 Å². The minimum atomic E-state index is -0.125. The molecule has 1 aliphatic rings. The van der Waals surface area contributed by atoms with E-state index in [4.69, 9.17) is 0 Å². The van der Waals surface area contributed by atoms with Crippen molar-refractivity contribution >= 4 is 5.91 Å². The lowest BCUT2D eigenvalue weighted by molar-refractivity contribution is 0.0931. The summed E-state index contributed by atoms with van der Waals surface area (Å²) in [6.07, 6.45) is 5.48. The zero-order valence-corrected chi connectivity index (χ0v) is 7.16. The zero-order chi connectivity index (χ0) is 9.10. The molecule has 0 saturated heterocycles. The fraction of sp³-hybridized carbons (Fsp3) is 0.333. The number of pyridine rings is 1. The van der Waals surface area contributed by atoms with Crippen LogP contribution in [0.1, 0.15) is 23.2 Å². The largest absolute Gasteiger partial charge is 0.287 e. The number of nitrogens with zero attached hydrogens (tertiary/aromatic N) is 1. The van der Waals surface area contributed by atoms with E-state index < -0.39 is 0 Å². The van der Waals surface area contributed by atoms with E-state index in [9.17, 15) is 4.79 Å². The van der Waals surface area contributed by atoms with E-state index in [0.29, 0.717) is 11.6 Å². The molecule has 0 bridgehead atoms. The third-order valence-corrected chi connectivity index (χ3v) is 1.89. The van der Waals surface area contributed by atoms with Crippen molar-refractivity contribution in [1.29, 1.82) is 0 Å². The Hall–Kier alpha value is -1.42. The summed E-state index contributed by atoms with van der Waals surface area (Å²) >= 11 is 0. The highest BCUT2D eigenvalue weighted by Gasteiger charge is 2.21. The highest BCUT2D eigenvalue weighted by molar-refractivity contribution is 5.93. The number of carbonyl (C=O) groups excluding carboxylic acids is 1. The Bertz CT molecular complexity index is 295. The standard InChI is InChI=1S/C9H11N3O/c13-9(12-11-8-3-4-8)7-2-1-5-10-6-7/h1-2,5-6,8,11H,3-4H2,(H,12,13). The predicted molar refractivity (Wildman–Crippen MR) is 47.9 cm³/mol. The second-order valence-corrected chi connectivity index (χ2v) is 3.11. The summed E-state index contributed by atoms with van der Waals surface area (Å²) in [5, 5.41) is 0. The third kappa shape index (κ3) is 2.26. The van der Waals surface area contributed by atoms with Crippen LogP contribution in [0.5, 0.6) is 0 Å². The van der Waals surface area contributed by atoms with Gasteiger partial charge in [-0.1, -0.05) is 0 Å². The Balaban J connectivity index is 1.89. The molecular weight excluding hydrogens is 166 g/mol. The SMILES string of the molecule is O=C(NNC1CC1)c1cccnc1. The molecule has 1 aromatic heterocycles. The molecule has 4 heteroatoms. The average Bonchev–Trinajstić information content (AvgIpc) is 2.99. The van der Waals surface area contributed by atoms with E-state index in [-0.39, 0.29) is 5.91 Å². The molecule has 1 aliphatic carbocycles. The Labute approximate surface area is 76.3 Å². The van der Waals surface area contributed by atoms with Crippen LogP contribution in [0.2, 0.25) is 0 Å². The summed E-state index contributed by atoms with van der Waals surface area (Å²) in [5.74, 6) is -0.125. The molecule has 1 fully saturated rings. The lowest BCUT2D eigenvalue weighted by atomic mass is 10.3. The normalized spacial score (nSPS) is 15.4. The summed E-state index contributed by atoms with van der Waals surface area (Å²) in [6, 6.07) is 3.95. The van der Waals surface area contributed by atoms with Crippen LogP contribution >= 0.6 is 0 Å². The van der Waals surface area contributed by atoms with Crippen LogP contribution in [-0.4, -0.2) is 16.9 Å². The molecule has 0 aliphatic heterocycles. The van der Waals surface area contributed by atoms with Gasteiger partial charge in [0.1, 0.15) is 0 Å². The molecule has 1 aromatic rings. The molecule has 68 valence electrons. The van der Waals surface area contributed by atoms with Crippen molar-refractivity contribution in [2.75, 3.05) is 0 Å². The van der Waals surface area contributed by atoms with Gasteiger partial charge in [-0.3, -0.25) is 15.2 Å². The van der Waals surface area contributed by atoms with Crippen molar-refractivity contribution in [3.8, 4) is 0 Å². The summed E-state index contributed by atoms with van der Waals surface area (Å²) in [6.45, 7) is 0. The van der Waals surface area contributed by atoms with Crippen molar-refractivity contribution in [3.63, 3.8) is 0 Å². The smallest absolute Gasteiger partial charge is 0.266 e. The fourth-order valence-corrected chi connectivity index (χ4v) is 0.965. The van der Waals surface area contributed by atoms with Crippen LogP contribution in [0.3, 0.4) is 0 Å². The molecule has 13 heavy (non-hydrogen) atoms. The van der Waals surface area contributed by atoms with Gasteiger partial charge < -0.3 is 0 Å². The highest BCUT2D eigenvalue weighted by Crippen LogP contribution is 2.17. The molecule has 0 unspecified atom stereocenters. The van der Waals surface area contributed by atoms with Gasteiger partial charge in [-0.05, 0) is 25.0 Å². The van der Waals surface area contributed by atoms with Gasteiger partial charge >= 0.3 is 0 Å². The molecule has 2 rings (SSSR count). The molecule has 0 radical (unpaired) electrons. The van der Waals surface area contributed by atoms with Gasteiger partial charge in [0.25, 0.3) is 5.91 Å². The van der Waals surface area contributed by atoms with Crippen molar-refractivity contribution in [2.45, 2.75) is 18.9 Å². The zero-order valence-electron chi connectivity index (χ0n) is 7.16. The molecule has 1 heterocycles. The van der Waals surface area contributed by atoms with Crippen molar-refractivity contribution in [2.24, 2.45) is 0 Å². The van der Waals surface area contributed by atoms with Crippen LogP contribution < -0.4 is 10.9 Å². The third-order valence-electron chi connectivity index (χ3n) is 1.89. The predicted octanol–water partition coefficient (Wildman–Crippen LogP) is 0.478. The van der Waals surface area contributed by atoms with E-state index in [1.54, 1.807) is 24.5 Å². The maximum Gasteiger partial charge on any atom is 0.266 e.